The van der Waals surface area contributed by atoms with E-state index in [1.165, 1.54) is 17.0 Å². The molecule has 28 heavy (non-hydrogen) atoms. The molecule has 8 nitrogen and oxygen atoms in total. The van der Waals surface area contributed by atoms with Gasteiger partial charge in [-0.25, -0.2) is 4.98 Å². The molecule has 4 aromatic rings. The molecule has 0 bridgehead atoms. The third-order valence-corrected chi connectivity index (χ3v) is 4.17. The molecule has 0 unspecified atom stereocenters. The molecule has 0 aliphatic heterocycles. The first kappa shape index (κ1) is 17.5. The van der Waals surface area contributed by atoms with Gasteiger partial charge in [0.1, 0.15) is 11.5 Å². The Morgan fingerprint density at radius 3 is 2.68 bits per heavy atom. The number of carbonyl (C=O) groups is 1. The molecule has 0 aliphatic rings. The van der Waals surface area contributed by atoms with Crippen LogP contribution in [0.2, 0.25) is 0 Å². The van der Waals surface area contributed by atoms with Crippen molar-refractivity contribution in [2.75, 3.05) is 5.32 Å². The molecule has 3 aromatic heterocycles. The highest BCUT2D eigenvalue weighted by Crippen LogP contribution is 2.24. The number of benzene rings is 1. The summed E-state index contributed by atoms with van der Waals surface area (Å²) in [7, 11) is 0. The second-order valence-corrected chi connectivity index (χ2v) is 6.28. The lowest BCUT2D eigenvalue weighted by atomic mass is 10.1. The average Bonchev–Trinajstić information content (AvgIpc) is 3.30. The first-order chi connectivity index (χ1) is 13.5. The van der Waals surface area contributed by atoms with Crippen LogP contribution in [-0.4, -0.2) is 25.7 Å². The van der Waals surface area contributed by atoms with Crippen molar-refractivity contribution >= 4 is 11.7 Å². The van der Waals surface area contributed by atoms with E-state index < -0.39 is 0 Å². The van der Waals surface area contributed by atoms with Crippen LogP contribution in [0.25, 0.3) is 17.4 Å². The largest absolute Gasteiger partial charge is 0.463 e. The van der Waals surface area contributed by atoms with Crippen molar-refractivity contribution in [1.29, 1.82) is 0 Å². The van der Waals surface area contributed by atoms with Crippen LogP contribution in [0.1, 0.15) is 21.6 Å². The minimum Gasteiger partial charge on any atom is -0.463 e. The number of furan rings is 1. The first-order valence-electron chi connectivity index (χ1n) is 8.60. The molecule has 0 fully saturated rings. The number of hydrogen-bond acceptors (Lipinski definition) is 5. The summed E-state index contributed by atoms with van der Waals surface area (Å²) in [5, 5.41) is 7.30. The molecular formula is C20H17N5O3. The van der Waals surface area contributed by atoms with Crippen molar-refractivity contribution < 1.29 is 9.21 Å². The molecule has 1 aromatic carbocycles. The molecule has 0 spiro atoms. The van der Waals surface area contributed by atoms with E-state index in [0.717, 1.165) is 5.56 Å². The number of aromatic nitrogens is 4. The van der Waals surface area contributed by atoms with Gasteiger partial charge in [0.05, 0.1) is 6.26 Å². The van der Waals surface area contributed by atoms with Crippen LogP contribution in [0.4, 0.5) is 5.82 Å². The summed E-state index contributed by atoms with van der Waals surface area (Å²) < 4.78 is 6.78. The summed E-state index contributed by atoms with van der Waals surface area (Å²) in [5.41, 5.74) is 2.10. The van der Waals surface area contributed by atoms with Gasteiger partial charge in [-0.05, 0) is 37.6 Å². The lowest BCUT2D eigenvalue weighted by Gasteiger charge is -2.09. The van der Waals surface area contributed by atoms with Crippen LogP contribution < -0.4 is 10.9 Å². The van der Waals surface area contributed by atoms with Crippen molar-refractivity contribution in [3.63, 3.8) is 0 Å². The molecule has 4 rings (SSSR count). The maximum absolute atomic E-state index is 12.8. The van der Waals surface area contributed by atoms with Crippen molar-refractivity contribution in [2.24, 2.45) is 0 Å². The molecule has 0 radical (unpaired) electrons. The summed E-state index contributed by atoms with van der Waals surface area (Å²) in [4.78, 5) is 31.6. The number of rotatable bonds is 4. The maximum atomic E-state index is 12.8. The van der Waals surface area contributed by atoms with Gasteiger partial charge >= 0.3 is 0 Å². The van der Waals surface area contributed by atoms with Gasteiger partial charge in [-0.3, -0.25) is 14.6 Å². The second-order valence-electron chi connectivity index (χ2n) is 6.28. The van der Waals surface area contributed by atoms with Crippen molar-refractivity contribution in [2.45, 2.75) is 13.8 Å². The quantitative estimate of drug-likeness (QED) is 0.570. The summed E-state index contributed by atoms with van der Waals surface area (Å²) in [6.07, 6.45) is 1.53. The van der Waals surface area contributed by atoms with Crippen molar-refractivity contribution in [1.82, 2.24) is 19.7 Å². The smallest absolute Gasteiger partial charge is 0.257 e. The molecule has 0 saturated carbocycles. The van der Waals surface area contributed by atoms with E-state index in [2.05, 4.69) is 20.4 Å². The van der Waals surface area contributed by atoms with E-state index in [9.17, 15) is 9.59 Å². The van der Waals surface area contributed by atoms with Crippen LogP contribution in [0, 0.1) is 13.8 Å². The predicted molar refractivity (Wildman–Crippen MR) is 104 cm³/mol. The summed E-state index contributed by atoms with van der Waals surface area (Å²) in [6.45, 7) is 3.57. The van der Waals surface area contributed by atoms with Gasteiger partial charge in [-0.15, -0.1) is 0 Å². The minimum absolute atomic E-state index is 0.197. The van der Waals surface area contributed by atoms with Gasteiger partial charge in [0.25, 0.3) is 11.5 Å². The molecule has 140 valence electrons. The number of H-pyrrole nitrogens is 1. The number of nitrogens with one attached hydrogen (secondary N) is 2. The Labute approximate surface area is 159 Å². The van der Waals surface area contributed by atoms with Gasteiger partial charge in [-0.1, -0.05) is 18.2 Å². The number of carbonyl (C=O) groups excluding carboxylic acids is 1. The molecule has 8 heteroatoms. The normalized spacial score (nSPS) is 10.8. The van der Waals surface area contributed by atoms with E-state index in [-0.39, 0.29) is 17.4 Å². The summed E-state index contributed by atoms with van der Waals surface area (Å²) in [6, 6.07) is 13.8. The molecule has 3 heterocycles. The molecule has 0 atom stereocenters. The Kier molecular flexibility index (Phi) is 4.36. The number of nitrogens with zero attached hydrogens (tertiary/aromatic N) is 3. The second kappa shape index (κ2) is 6.99. The van der Waals surface area contributed by atoms with Crippen LogP contribution in [0.15, 0.2) is 64.0 Å². The number of aryl methyl sites for hydroxylation is 2. The predicted octanol–water partition coefficient (Wildman–Crippen LogP) is 3.08. The highest BCUT2D eigenvalue weighted by molar-refractivity contribution is 6.05. The molecular weight excluding hydrogens is 358 g/mol. The fourth-order valence-electron chi connectivity index (χ4n) is 2.85. The van der Waals surface area contributed by atoms with Crippen molar-refractivity contribution in [3.05, 3.63) is 82.0 Å². The van der Waals surface area contributed by atoms with Crippen LogP contribution in [0.3, 0.4) is 0 Å². The Morgan fingerprint density at radius 2 is 1.96 bits per heavy atom. The Morgan fingerprint density at radius 1 is 1.14 bits per heavy atom. The maximum Gasteiger partial charge on any atom is 0.257 e. The lowest BCUT2D eigenvalue weighted by molar-refractivity contribution is 0.102. The van der Waals surface area contributed by atoms with Crippen LogP contribution in [0.5, 0.6) is 0 Å². The number of anilines is 1. The van der Waals surface area contributed by atoms with Crippen LogP contribution in [-0.2, 0) is 0 Å². The van der Waals surface area contributed by atoms with Gasteiger partial charge in [-0.2, -0.15) is 9.78 Å². The van der Waals surface area contributed by atoms with E-state index >= 15 is 0 Å². The van der Waals surface area contributed by atoms with Gasteiger partial charge in [0, 0.05) is 23.4 Å². The SMILES string of the molecule is Cc1cc(=O)[nH]c(-n2nc(-c3ccco3)cc2NC(=O)c2ccccc2C)n1. The number of aromatic amines is 1. The number of amides is 1. The first-order valence-corrected chi connectivity index (χ1v) is 8.60. The van der Waals surface area contributed by atoms with E-state index in [4.69, 9.17) is 4.42 Å². The third kappa shape index (κ3) is 3.35. The fourth-order valence-corrected chi connectivity index (χ4v) is 2.85. The van der Waals surface area contributed by atoms with E-state index in [0.29, 0.717) is 28.5 Å². The molecule has 0 saturated heterocycles. The van der Waals surface area contributed by atoms with Crippen LogP contribution >= 0.6 is 0 Å². The Hall–Kier alpha value is -3.94. The molecule has 2 N–H and O–H groups in total. The standard InChI is InChI=1S/C20H17N5O3/c1-12-6-3-4-7-14(12)19(27)22-17-11-15(16-8-5-9-28-16)24-25(17)20-21-13(2)10-18(26)23-20/h3-11H,1-2H3,(H,22,27)(H,21,23,26). The van der Waals surface area contributed by atoms with Gasteiger partial charge in [0.15, 0.2) is 5.76 Å². The Balaban J connectivity index is 1.80. The van der Waals surface area contributed by atoms with E-state index in [1.807, 2.05) is 19.1 Å². The van der Waals surface area contributed by atoms with Gasteiger partial charge in [0.2, 0.25) is 5.95 Å². The van der Waals surface area contributed by atoms with E-state index in [1.54, 1.807) is 37.3 Å². The third-order valence-electron chi connectivity index (χ3n) is 4.17. The molecule has 1 amide bonds. The zero-order valence-corrected chi connectivity index (χ0v) is 15.3. The number of hydrogen-bond donors (Lipinski definition) is 2. The zero-order chi connectivity index (χ0) is 19.7. The van der Waals surface area contributed by atoms with Gasteiger partial charge < -0.3 is 9.73 Å². The average molecular weight is 375 g/mol. The summed E-state index contributed by atoms with van der Waals surface area (Å²) in [5.74, 6) is 0.789. The minimum atomic E-state index is -0.311. The molecule has 0 aliphatic carbocycles. The zero-order valence-electron chi connectivity index (χ0n) is 15.3. The Bertz CT molecular complexity index is 1200. The highest BCUT2D eigenvalue weighted by atomic mass is 16.3. The lowest BCUT2D eigenvalue weighted by Crippen LogP contribution is -2.19. The highest BCUT2D eigenvalue weighted by Gasteiger charge is 2.18. The summed E-state index contributed by atoms with van der Waals surface area (Å²) >= 11 is 0. The fraction of sp³-hybridized carbons (Fsp3) is 0.100. The topological polar surface area (TPSA) is 106 Å². The monoisotopic (exact) mass is 375 g/mol. The van der Waals surface area contributed by atoms with Crippen molar-refractivity contribution in [3.8, 4) is 17.4 Å².